The highest BCUT2D eigenvalue weighted by Crippen LogP contribution is 2.35. The first-order valence-electron chi connectivity index (χ1n) is 18.2. The Balaban J connectivity index is 0.921. The summed E-state index contributed by atoms with van der Waals surface area (Å²) in [5.74, 6) is -1.82. The second-order valence-corrected chi connectivity index (χ2v) is 14.3. The molecule has 2 saturated heterocycles. The Bertz CT molecular complexity index is 2360. The molecule has 0 radical (unpaired) electrons. The Labute approximate surface area is 311 Å². The van der Waals surface area contributed by atoms with Crippen LogP contribution in [0.4, 0.5) is 11.4 Å². The van der Waals surface area contributed by atoms with Crippen LogP contribution in [-0.4, -0.2) is 80.1 Å². The van der Waals surface area contributed by atoms with Gasteiger partial charge in [-0.25, -0.2) is 19.7 Å². The molecule has 4 unspecified atom stereocenters. The number of anilines is 2. The van der Waals surface area contributed by atoms with Crippen molar-refractivity contribution in [2.75, 3.05) is 23.7 Å². The number of amides is 3. The summed E-state index contributed by atoms with van der Waals surface area (Å²) < 4.78 is 0. The van der Waals surface area contributed by atoms with Crippen LogP contribution >= 0.6 is 0 Å². The van der Waals surface area contributed by atoms with Crippen LogP contribution in [-0.2, 0) is 27.2 Å². The Morgan fingerprint density at radius 2 is 1.59 bits per heavy atom. The molecule has 3 amide bonds. The van der Waals surface area contributed by atoms with E-state index in [1.807, 2.05) is 42.6 Å². The van der Waals surface area contributed by atoms with E-state index in [-0.39, 0.29) is 35.7 Å². The van der Waals surface area contributed by atoms with Gasteiger partial charge in [0, 0.05) is 49.0 Å². The number of benzene rings is 2. The molecule has 4 atom stereocenters. The summed E-state index contributed by atoms with van der Waals surface area (Å²) in [4.78, 5) is 66.1. The number of nitrogens with one attached hydrogen (secondary N) is 5. The second-order valence-electron chi connectivity index (χ2n) is 14.3. The maximum Gasteiger partial charge on any atom is 0.354 e. The molecule has 276 valence electrons. The van der Waals surface area contributed by atoms with Gasteiger partial charge in [0.1, 0.15) is 18.0 Å². The first-order chi connectivity index (χ1) is 26.0. The van der Waals surface area contributed by atoms with Crippen LogP contribution in [0.5, 0.6) is 0 Å². The summed E-state index contributed by atoms with van der Waals surface area (Å²) in [7, 11) is 0. The fraction of sp³-hybridized carbons (Fsp3) is 0.325. The average molecular weight is 728 g/mol. The van der Waals surface area contributed by atoms with Gasteiger partial charge in [-0.2, -0.15) is 0 Å². The molecular weight excluding hydrogens is 686 g/mol. The van der Waals surface area contributed by atoms with Crippen molar-refractivity contribution in [3.8, 4) is 11.4 Å². The zero-order valence-corrected chi connectivity index (χ0v) is 30.2. The third-order valence-electron chi connectivity index (χ3n) is 10.7. The van der Waals surface area contributed by atoms with Crippen LogP contribution in [0.25, 0.3) is 33.2 Å². The number of rotatable bonds is 7. The number of carbonyl (C=O) groups excluding carboxylic acids is 3. The minimum Gasteiger partial charge on any atom is -0.477 e. The number of carboxylic acids is 1. The summed E-state index contributed by atoms with van der Waals surface area (Å²) in [5.41, 5.74) is 7.27. The fourth-order valence-corrected chi connectivity index (χ4v) is 7.79. The van der Waals surface area contributed by atoms with E-state index in [4.69, 9.17) is 9.97 Å². The number of hydrogen-bond donors (Lipinski definition) is 6. The van der Waals surface area contributed by atoms with Crippen LogP contribution in [0.1, 0.15) is 65.5 Å². The van der Waals surface area contributed by atoms with Gasteiger partial charge in [0.15, 0.2) is 5.65 Å². The molecule has 0 saturated carbocycles. The minimum atomic E-state index is -1.07. The highest BCUT2D eigenvalue weighted by molar-refractivity contribution is 6.00. The smallest absolute Gasteiger partial charge is 0.354 e. The maximum absolute atomic E-state index is 13.5. The van der Waals surface area contributed by atoms with E-state index in [1.54, 1.807) is 13.0 Å². The van der Waals surface area contributed by atoms with Gasteiger partial charge < -0.3 is 21.1 Å². The molecule has 3 aliphatic rings. The summed E-state index contributed by atoms with van der Waals surface area (Å²) in [6.45, 7) is 6.74. The summed E-state index contributed by atoms with van der Waals surface area (Å²) in [5, 5.41) is 28.0. The van der Waals surface area contributed by atoms with E-state index in [0.717, 1.165) is 70.8 Å². The van der Waals surface area contributed by atoms with Crippen LogP contribution in [0.2, 0.25) is 0 Å². The van der Waals surface area contributed by atoms with Gasteiger partial charge in [0.05, 0.1) is 17.4 Å². The predicted octanol–water partition coefficient (Wildman–Crippen LogP) is 4.03. The minimum absolute atomic E-state index is 0.00535. The molecule has 2 aromatic carbocycles. The second kappa shape index (κ2) is 14.2. The van der Waals surface area contributed by atoms with Gasteiger partial charge in [-0.05, 0) is 109 Å². The van der Waals surface area contributed by atoms with Gasteiger partial charge in [0.25, 0.3) is 0 Å². The number of aromatic nitrogens is 3. The molecule has 2 fully saturated rings. The molecule has 14 heteroatoms. The van der Waals surface area contributed by atoms with Gasteiger partial charge in [-0.3, -0.25) is 29.9 Å². The van der Waals surface area contributed by atoms with Gasteiger partial charge in [-0.1, -0.05) is 18.2 Å². The van der Waals surface area contributed by atoms with Gasteiger partial charge >= 0.3 is 5.97 Å². The lowest BCUT2D eigenvalue weighted by molar-refractivity contribution is -0.129. The standard InChI is InChI=1S/C40H41N9O5/c1-20-29-18-25-5-4-24-8-11-33(39(53)54)45-34(24)35(25)48-36(29)41-19-30(20)31-12-14-49-15-13-32(47-40(49)46-31)38(52)42-21(2)37(51)44-28-10-7-23-6-9-27(43-22(3)50)16-26(23)17-28/h6-11,16-19,21,31-32,40,46-47H,4-5,12-15H2,1-3H3,(H,42,52)(H,43,50)(H,44,51)(H,53,54). The zero-order valence-electron chi connectivity index (χ0n) is 30.2. The SMILES string of the molecule is CC(=O)Nc1ccc2ccc(NC(=O)C(C)NC(=O)C3CCN4CCC(c5cnc6nc7c(cc6c5C)CCc5ccc(C(=O)O)nc5-7)NC4N3)cc2c1. The lowest BCUT2D eigenvalue weighted by Crippen LogP contribution is -2.68. The fourth-order valence-electron chi connectivity index (χ4n) is 7.79. The van der Waals surface area contributed by atoms with Crippen LogP contribution in [0.15, 0.2) is 60.8 Å². The number of nitrogens with zero attached hydrogens (tertiary/aromatic N) is 4. The van der Waals surface area contributed by atoms with Crippen molar-refractivity contribution in [2.45, 2.75) is 70.9 Å². The Morgan fingerprint density at radius 1 is 0.870 bits per heavy atom. The Hall–Kier alpha value is -5.83. The van der Waals surface area contributed by atoms with Crippen molar-refractivity contribution in [3.63, 3.8) is 0 Å². The first-order valence-corrected chi connectivity index (χ1v) is 18.2. The summed E-state index contributed by atoms with van der Waals surface area (Å²) >= 11 is 0. The van der Waals surface area contributed by atoms with Gasteiger partial charge in [-0.15, -0.1) is 0 Å². The molecule has 6 N–H and O–H groups in total. The topological polar surface area (TPSA) is 191 Å². The molecule has 0 bridgehead atoms. The van der Waals surface area contributed by atoms with Crippen LogP contribution in [0, 0.1) is 6.92 Å². The highest BCUT2D eigenvalue weighted by Gasteiger charge is 2.37. The summed E-state index contributed by atoms with van der Waals surface area (Å²) in [6.07, 6.45) is 4.61. The van der Waals surface area contributed by atoms with E-state index >= 15 is 0 Å². The molecule has 2 aliphatic heterocycles. The number of hydrogen-bond acceptors (Lipinski definition) is 10. The molecule has 1 aliphatic carbocycles. The molecule has 8 rings (SSSR count). The van der Waals surface area contributed by atoms with Crippen LogP contribution in [0.3, 0.4) is 0 Å². The van der Waals surface area contributed by atoms with E-state index in [2.05, 4.69) is 49.5 Å². The normalized spacial score (nSPS) is 19.9. The van der Waals surface area contributed by atoms with E-state index in [1.165, 1.54) is 13.0 Å². The number of aryl methyl sites for hydroxylation is 3. The Morgan fingerprint density at radius 3 is 2.35 bits per heavy atom. The molecule has 54 heavy (non-hydrogen) atoms. The number of fused-ring (bicyclic) bond motifs is 6. The van der Waals surface area contributed by atoms with Crippen molar-refractivity contribution in [2.24, 2.45) is 0 Å². The molecular formula is C40H41N9O5. The van der Waals surface area contributed by atoms with Crippen molar-refractivity contribution in [1.82, 2.24) is 35.8 Å². The average Bonchev–Trinajstić information content (AvgIpc) is 3.16. The molecule has 5 heterocycles. The Kier molecular flexibility index (Phi) is 9.26. The van der Waals surface area contributed by atoms with Crippen molar-refractivity contribution >= 4 is 56.9 Å². The number of carbonyl (C=O) groups is 4. The lowest BCUT2D eigenvalue weighted by atomic mass is 9.90. The van der Waals surface area contributed by atoms with Crippen molar-refractivity contribution in [3.05, 3.63) is 88.7 Å². The quantitative estimate of drug-likeness (QED) is 0.142. The van der Waals surface area contributed by atoms with E-state index < -0.39 is 18.1 Å². The third-order valence-corrected chi connectivity index (χ3v) is 10.7. The molecule has 5 aromatic rings. The highest BCUT2D eigenvalue weighted by atomic mass is 16.4. The molecule has 14 nitrogen and oxygen atoms in total. The molecule has 0 spiro atoms. The maximum atomic E-state index is 13.5. The molecule has 3 aromatic heterocycles. The van der Waals surface area contributed by atoms with E-state index in [9.17, 15) is 24.3 Å². The lowest BCUT2D eigenvalue weighted by Gasteiger charge is -2.46. The van der Waals surface area contributed by atoms with Crippen LogP contribution < -0.4 is 26.6 Å². The van der Waals surface area contributed by atoms with Crippen molar-refractivity contribution in [1.29, 1.82) is 0 Å². The third kappa shape index (κ3) is 6.86. The number of pyridine rings is 3. The van der Waals surface area contributed by atoms with E-state index in [0.29, 0.717) is 34.8 Å². The monoisotopic (exact) mass is 727 g/mol. The predicted molar refractivity (Wildman–Crippen MR) is 204 cm³/mol. The van der Waals surface area contributed by atoms with Gasteiger partial charge in [0.2, 0.25) is 17.7 Å². The summed E-state index contributed by atoms with van der Waals surface area (Å²) in [6, 6.07) is 15.3. The largest absolute Gasteiger partial charge is 0.477 e. The number of carboxylic acid groups (broad SMARTS) is 1. The number of aromatic carboxylic acids is 1. The zero-order chi connectivity index (χ0) is 37.7. The van der Waals surface area contributed by atoms with Crippen molar-refractivity contribution < 1.29 is 24.3 Å². The first kappa shape index (κ1) is 35.2.